The lowest BCUT2D eigenvalue weighted by Gasteiger charge is -2.23. The van der Waals surface area contributed by atoms with Gasteiger partial charge in [-0.3, -0.25) is 4.79 Å². The molecule has 1 N–H and O–H groups in total. The maximum absolute atomic E-state index is 12.2. The first-order valence-electron chi connectivity index (χ1n) is 6.98. The average Bonchev–Trinajstić information content (AvgIpc) is 2.46. The first-order valence-corrected chi connectivity index (χ1v) is 6.98. The summed E-state index contributed by atoms with van der Waals surface area (Å²) in [5, 5.41) is 12.2. The zero-order chi connectivity index (χ0) is 13.7. The van der Waals surface area contributed by atoms with Gasteiger partial charge in [0.15, 0.2) is 0 Å². The maximum atomic E-state index is 12.2. The smallest absolute Gasteiger partial charge is 0.224 e. The molecule has 0 radical (unpaired) electrons. The highest BCUT2D eigenvalue weighted by atomic mass is 16.1. The van der Waals surface area contributed by atoms with E-state index in [0.29, 0.717) is 0 Å². The van der Waals surface area contributed by atoms with E-state index in [2.05, 4.69) is 11.4 Å². The molecule has 1 fully saturated rings. The Bertz CT molecular complexity index is 484. The lowest BCUT2D eigenvalue weighted by atomic mass is 9.88. The van der Waals surface area contributed by atoms with Crippen LogP contribution >= 0.6 is 0 Å². The summed E-state index contributed by atoms with van der Waals surface area (Å²) >= 11 is 0. The van der Waals surface area contributed by atoms with E-state index < -0.39 is 6.04 Å². The van der Waals surface area contributed by atoms with E-state index in [1.807, 2.05) is 31.2 Å². The normalized spacial score (nSPS) is 17.5. The van der Waals surface area contributed by atoms with Crippen LogP contribution in [-0.4, -0.2) is 5.91 Å². The maximum Gasteiger partial charge on any atom is 0.224 e. The molecule has 1 saturated carbocycles. The van der Waals surface area contributed by atoms with Gasteiger partial charge in [-0.1, -0.05) is 43.5 Å². The van der Waals surface area contributed by atoms with Crippen LogP contribution in [0.4, 0.5) is 0 Å². The fourth-order valence-corrected chi connectivity index (χ4v) is 2.72. The van der Waals surface area contributed by atoms with Crippen molar-refractivity contribution in [1.82, 2.24) is 5.32 Å². The SMILES string of the molecule is Cc1ccccc1C(C#N)NC(=O)C1CCCCC1. The van der Waals surface area contributed by atoms with Crippen molar-refractivity contribution >= 4 is 5.91 Å². The van der Waals surface area contributed by atoms with Gasteiger partial charge in [0.1, 0.15) is 6.04 Å². The van der Waals surface area contributed by atoms with Crippen molar-refractivity contribution < 1.29 is 4.79 Å². The van der Waals surface area contributed by atoms with Gasteiger partial charge < -0.3 is 5.32 Å². The number of carbonyl (C=O) groups excluding carboxylic acids is 1. The summed E-state index contributed by atoms with van der Waals surface area (Å²) in [6, 6.07) is 9.38. The summed E-state index contributed by atoms with van der Waals surface area (Å²) in [6.07, 6.45) is 5.39. The monoisotopic (exact) mass is 256 g/mol. The lowest BCUT2D eigenvalue weighted by Crippen LogP contribution is -2.34. The second kappa shape index (κ2) is 6.38. The molecule has 0 aromatic heterocycles. The number of rotatable bonds is 3. The van der Waals surface area contributed by atoms with Crippen LogP contribution in [0, 0.1) is 24.2 Å². The molecule has 3 nitrogen and oxygen atoms in total. The number of nitriles is 1. The van der Waals surface area contributed by atoms with Crippen molar-refractivity contribution in [1.29, 1.82) is 5.26 Å². The minimum Gasteiger partial charge on any atom is -0.336 e. The Morgan fingerprint density at radius 1 is 1.32 bits per heavy atom. The van der Waals surface area contributed by atoms with Gasteiger partial charge >= 0.3 is 0 Å². The third kappa shape index (κ3) is 3.35. The topological polar surface area (TPSA) is 52.9 Å². The van der Waals surface area contributed by atoms with Crippen LogP contribution in [-0.2, 0) is 4.79 Å². The number of hydrogen-bond donors (Lipinski definition) is 1. The quantitative estimate of drug-likeness (QED) is 0.902. The van der Waals surface area contributed by atoms with Crippen LogP contribution in [0.3, 0.4) is 0 Å². The zero-order valence-corrected chi connectivity index (χ0v) is 11.4. The number of aryl methyl sites for hydroxylation is 1. The van der Waals surface area contributed by atoms with E-state index in [1.54, 1.807) is 0 Å². The predicted octanol–water partition coefficient (Wildman–Crippen LogP) is 3.26. The van der Waals surface area contributed by atoms with Gasteiger partial charge in [-0.2, -0.15) is 5.26 Å². The minimum absolute atomic E-state index is 0.0366. The molecule has 1 aromatic rings. The molecule has 100 valence electrons. The summed E-state index contributed by atoms with van der Waals surface area (Å²) in [6.45, 7) is 1.96. The Morgan fingerprint density at radius 3 is 2.63 bits per heavy atom. The van der Waals surface area contributed by atoms with Crippen LogP contribution in [0.2, 0.25) is 0 Å². The molecular weight excluding hydrogens is 236 g/mol. The van der Waals surface area contributed by atoms with Crippen LogP contribution < -0.4 is 5.32 Å². The van der Waals surface area contributed by atoms with E-state index in [-0.39, 0.29) is 11.8 Å². The molecule has 0 bridgehead atoms. The fraction of sp³-hybridized carbons (Fsp3) is 0.500. The molecule has 2 rings (SSSR count). The molecule has 1 aliphatic carbocycles. The molecule has 1 unspecified atom stereocenters. The number of nitrogens with one attached hydrogen (secondary N) is 1. The van der Waals surface area contributed by atoms with Crippen molar-refractivity contribution in [3.63, 3.8) is 0 Å². The fourth-order valence-electron chi connectivity index (χ4n) is 2.72. The molecule has 0 saturated heterocycles. The van der Waals surface area contributed by atoms with E-state index in [4.69, 9.17) is 0 Å². The average molecular weight is 256 g/mol. The summed E-state index contributed by atoms with van der Waals surface area (Å²) in [5.41, 5.74) is 1.94. The Labute approximate surface area is 114 Å². The van der Waals surface area contributed by atoms with Crippen molar-refractivity contribution in [3.05, 3.63) is 35.4 Å². The van der Waals surface area contributed by atoms with Crippen LogP contribution in [0.5, 0.6) is 0 Å². The van der Waals surface area contributed by atoms with Gasteiger partial charge in [-0.25, -0.2) is 0 Å². The third-order valence-electron chi connectivity index (χ3n) is 3.89. The number of benzene rings is 1. The van der Waals surface area contributed by atoms with E-state index in [9.17, 15) is 10.1 Å². The standard InChI is InChI=1S/C16H20N2O/c1-12-7-5-6-10-14(12)15(11-17)18-16(19)13-8-3-2-4-9-13/h5-7,10,13,15H,2-4,8-9H2,1H3,(H,18,19). The molecule has 3 heteroatoms. The largest absolute Gasteiger partial charge is 0.336 e. The number of nitrogens with zero attached hydrogens (tertiary/aromatic N) is 1. The second-order valence-corrected chi connectivity index (χ2v) is 5.26. The van der Waals surface area contributed by atoms with E-state index in [1.165, 1.54) is 6.42 Å². The molecule has 1 aromatic carbocycles. The number of carbonyl (C=O) groups is 1. The Hall–Kier alpha value is -1.82. The molecule has 0 aliphatic heterocycles. The molecule has 0 heterocycles. The minimum atomic E-state index is -0.532. The highest BCUT2D eigenvalue weighted by Crippen LogP contribution is 2.25. The Morgan fingerprint density at radius 2 is 2.00 bits per heavy atom. The van der Waals surface area contributed by atoms with Crippen molar-refractivity contribution in [2.45, 2.75) is 45.1 Å². The lowest BCUT2D eigenvalue weighted by molar-refractivity contribution is -0.126. The summed E-state index contributed by atoms with van der Waals surface area (Å²) in [5.74, 6) is 0.128. The summed E-state index contributed by atoms with van der Waals surface area (Å²) < 4.78 is 0. The molecule has 0 spiro atoms. The zero-order valence-electron chi connectivity index (χ0n) is 11.4. The van der Waals surface area contributed by atoms with Gasteiger partial charge in [0.2, 0.25) is 5.91 Å². The van der Waals surface area contributed by atoms with Gasteiger partial charge in [0.05, 0.1) is 6.07 Å². The summed E-state index contributed by atoms with van der Waals surface area (Å²) in [7, 11) is 0. The first-order chi connectivity index (χ1) is 9.22. The van der Waals surface area contributed by atoms with Crippen LogP contribution in [0.1, 0.15) is 49.3 Å². The van der Waals surface area contributed by atoms with Gasteiger partial charge in [0, 0.05) is 5.92 Å². The number of amides is 1. The van der Waals surface area contributed by atoms with Crippen LogP contribution in [0.15, 0.2) is 24.3 Å². The second-order valence-electron chi connectivity index (χ2n) is 5.26. The van der Waals surface area contributed by atoms with Crippen molar-refractivity contribution in [2.24, 2.45) is 5.92 Å². The van der Waals surface area contributed by atoms with E-state index >= 15 is 0 Å². The molecule has 1 aliphatic rings. The number of hydrogen-bond acceptors (Lipinski definition) is 2. The highest BCUT2D eigenvalue weighted by Gasteiger charge is 2.24. The van der Waals surface area contributed by atoms with Crippen molar-refractivity contribution in [2.75, 3.05) is 0 Å². The first kappa shape index (κ1) is 13.6. The molecular formula is C16H20N2O. The summed E-state index contributed by atoms with van der Waals surface area (Å²) in [4.78, 5) is 12.2. The van der Waals surface area contributed by atoms with Crippen LogP contribution in [0.25, 0.3) is 0 Å². The molecule has 1 amide bonds. The highest BCUT2D eigenvalue weighted by molar-refractivity contribution is 5.79. The van der Waals surface area contributed by atoms with Gasteiger partial charge in [-0.15, -0.1) is 0 Å². The molecule has 1 atom stereocenters. The third-order valence-corrected chi connectivity index (χ3v) is 3.89. The Balaban J connectivity index is 2.05. The van der Waals surface area contributed by atoms with Gasteiger partial charge in [-0.05, 0) is 30.9 Å². The van der Waals surface area contributed by atoms with E-state index in [0.717, 1.165) is 36.8 Å². The van der Waals surface area contributed by atoms with Crippen molar-refractivity contribution in [3.8, 4) is 6.07 Å². The van der Waals surface area contributed by atoms with Gasteiger partial charge in [0.25, 0.3) is 0 Å². The Kier molecular flexibility index (Phi) is 4.57. The predicted molar refractivity (Wildman–Crippen MR) is 74.3 cm³/mol. The molecule has 19 heavy (non-hydrogen) atoms.